The Hall–Kier alpha value is -4.55. The number of hydrogen-bond donors (Lipinski definition) is 7. The molecule has 394 valence electrons. The molecule has 18 heteroatoms. The van der Waals surface area contributed by atoms with Crippen molar-refractivity contribution in [2.45, 2.75) is 201 Å². The number of primary amides is 1. The van der Waals surface area contributed by atoms with Crippen LogP contribution >= 0.6 is 0 Å². The first-order valence-corrected chi connectivity index (χ1v) is 25.4. The van der Waals surface area contributed by atoms with E-state index in [9.17, 15) is 38.4 Å². The Morgan fingerprint density at radius 3 is 1.72 bits per heavy atom. The Bertz CT molecular complexity index is 1700. The van der Waals surface area contributed by atoms with Crippen LogP contribution in [0.15, 0.2) is 12.5 Å². The fourth-order valence-corrected chi connectivity index (χ4v) is 7.72. The number of amides is 4. The van der Waals surface area contributed by atoms with Crippen molar-refractivity contribution in [2.75, 3.05) is 39.5 Å². The van der Waals surface area contributed by atoms with Gasteiger partial charge in [0, 0.05) is 80.3 Å². The second-order valence-electron chi connectivity index (χ2n) is 20.4. The summed E-state index contributed by atoms with van der Waals surface area (Å²) in [6, 6.07) is -0.922. The largest absolute Gasteiger partial charge is 0.481 e. The Labute approximate surface area is 411 Å². The Morgan fingerprint density at radius 1 is 0.652 bits per heavy atom. The number of H-pyrrole nitrogens is 1. The molecule has 0 aliphatic carbocycles. The molecule has 1 aromatic heterocycles. The number of nitrogens with two attached hydrogens (primary N) is 2. The fourth-order valence-electron chi connectivity index (χ4n) is 7.72. The van der Waals surface area contributed by atoms with Gasteiger partial charge in [0.2, 0.25) is 23.6 Å². The predicted molar refractivity (Wildman–Crippen MR) is 265 cm³/mol. The number of aromatic amines is 1. The summed E-state index contributed by atoms with van der Waals surface area (Å²) in [7, 11) is 0. The molecule has 18 nitrogen and oxygen atoms in total. The number of ketones is 3. The van der Waals surface area contributed by atoms with Gasteiger partial charge in [-0.25, -0.2) is 4.98 Å². The first kappa shape index (κ1) is 62.5. The van der Waals surface area contributed by atoms with Gasteiger partial charge in [0.25, 0.3) is 0 Å². The van der Waals surface area contributed by atoms with Crippen LogP contribution in [0, 0.1) is 16.7 Å². The number of rotatable bonds is 44. The van der Waals surface area contributed by atoms with Crippen molar-refractivity contribution in [3.05, 3.63) is 18.2 Å². The van der Waals surface area contributed by atoms with Gasteiger partial charge >= 0.3 is 5.97 Å². The van der Waals surface area contributed by atoms with Crippen LogP contribution in [0.1, 0.15) is 188 Å². The van der Waals surface area contributed by atoms with E-state index in [1.54, 1.807) is 47.7 Å². The Kier molecular flexibility index (Phi) is 31.4. The van der Waals surface area contributed by atoms with Crippen molar-refractivity contribution in [3.63, 3.8) is 0 Å². The average Bonchev–Trinajstić information content (AvgIpc) is 3.78. The fraction of sp³-hybridized carbons (Fsp3) is 0.784. The molecule has 69 heavy (non-hydrogen) atoms. The van der Waals surface area contributed by atoms with Crippen LogP contribution in [0.3, 0.4) is 0 Å². The third-order valence-corrected chi connectivity index (χ3v) is 12.5. The number of carbonyl (C=O) groups is 8. The number of ether oxygens (including phenoxy) is 2. The molecule has 0 fully saturated rings. The zero-order valence-corrected chi connectivity index (χ0v) is 42.9. The maximum atomic E-state index is 13.6. The summed E-state index contributed by atoms with van der Waals surface area (Å²) < 4.78 is 10.9. The van der Waals surface area contributed by atoms with Gasteiger partial charge in [-0.1, -0.05) is 111 Å². The summed E-state index contributed by atoms with van der Waals surface area (Å²) in [4.78, 5) is 107. The molecular formula is C51H89N7O11. The van der Waals surface area contributed by atoms with Gasteiger partial charge in [0.1, 0.15) is 18.2 Å². The van der Waals surface area contributed by atoms with Crippen LogP contribution in [0.25, 0.3) is 0 Å². The first-order chi connectivity index (χ1) is 32.6. The maximum absolute atomic E-state index is 13.6. The van der Waals surface area contributed by atoms with Gasteiger partial charge in [-0.05, 0) is 39.5 Å². The van der Waals surface area contributed by atoms with Crippen LogP contribution in [-0.4, -0.2) is 113 Å². The Balaban J connectivity index is 2.17. The van der Waals surface area contributed by atoms with Gasteiger partial charge < -0.3 is 47.0 Å². The van der Waals surface area contributed by atoms with Gasteiger partial charge in [0.05, 0.1) is 37.7 Å². The van der Waals surface area contributed by atoms with Gasteiger partial charge in [0.15, 0.2) is 5.78 Å². The smallest absolute Gasteiger partial charge is 0.303 e. The summed E-state index contributed by atoms with van der Waals surface area (Å²) in [5.74, 6) is -3.87. The Morgan fingerprint density at radius 2 is 1.17 bits per heavy atom. The number of aromatic nitrogens is 2. The predicted octanol–water partition coefficient (Wildman–Crippen LogP) is 5.97. The van der Waals surface area contributed by atoms with Crippen molar-refractivity contribution in [1.29, 1.82) is 0 Å². The summed E-state index contributed by atoms with van der Waals surface area (Å²) in [5.41, 5.74) is 8.78. The summed E-state index contributed by atoms with van der Waals surface area (Å²) >= 11 is 0. The average molecular weight is 976 g/mol. The number of hydrogen-bond acceptors (Lipinski definition) is 12. The van der Waals surface area contributed by atoms with E-state index in [0.29, 0.717) is 51.1 Å². The van der Waals surface area contributed by atoms with Gasteiger partial charge in [-0.3, -0.25) is 38.4 Å². The minimum absolute atomic E-state index is 0.0164. The molecule has 1 aromatic rings. The molecule has 0 unspecified atom stereocenters. The normalized spacial score (nSPS) is 12.8. The van der Waals surface area contributed by atoms with Crippen molar-refractivity contribution in [3.8, 4) is 0 Å². The van der Waals surface area contributed by atoms with Gasteiger partial charge in [-0.2, -0.15) is 0 Å². The quantitative estimate of drug-likeness (QED) is 0.0372. The standard InChI is InChI=1S/C51H89N7O11/c1-49(2,33-42(60)50(3,4)34-43(61)51(5,6)58-48(67)40(52)32-39-35-54-37-57-39)41(59)31-38(47(53)66)23-21-22-26-55-45(63)36-69-30-29-68-28-27-56-44(62)24-19-17-15-13-11-9-7-8-10-12-14-16-18-20-25-46(64)65/h35,37-38,40H,7-34,36,52H2,1-6H3,(H2,53,66)(H,54,57)(H,55,63)(H,56,62)(H,58,67)(H,64,65)/t38-,40+/m1/s1. The van der Waals surface area contributed by atoms with Crippen molar-refractivity contribution >= 4 is 46.9 Å². The molecule has 0 aliphatic rings. The molecule has 0 aliphatic heterocycles. The van der Waals surface area contributed by atoms with E-state index in [1.807, 2.05) is 0 Å². The lowest BCUT2D eigenvalue weighted by Crippen LogP contribution is -2.56. The van der Waals surface area contributed by atoms with Crippen molar-refractivity contribution < 1.29 is 52.9 Å². The summed E-state index contributed by atoms with van der Waals surface area (Å²) in [6.07, 6.45) is 20.8. The topological polar surface area (TPSA) is 292 Å². The van der Waals surface area contributed by atoms with E-state index >= 15 is 0 Å². The molecule has 0 saturated heterocycles. The molecule has 0 bridgehead atoms. The molecule has 9 N–H and O–H groups in total. The molecule has 0 saturated carbocycles. The van der Waals surface area contributed by atoms with E-state index in [4.69, 9.17) is 26.0 Å². The van der Waals surface area contributed by atoms with Crippen molar-refractivity contribution in [2.24, 2.45) is 28.2 Å². The highest BCUT2D eigenvalue weighted by Gasteiger charge is 2.41. The number of aliphatic carboxylic acids is 1. The van der Waals surface area contributed by atoms with Crippen LogP contribution in [0.2, 0.25) is 0 Å². The minimum atomic E-state index is -1.31. The maximum Gasteiger partial charge on any atom is 0.303 e. The van der Waals surface area contributed by atoms with Crippen LogP contribution in [0.4, 0.5) is 0 Å². The zero-order valence-electron chi connectivity index (χ0n) is 42.9. The highest BCUT2D eigenvalue weighted by molar-refractivity contribution is 5.99. The summed E-state index contributed by atoms with van der Waals surface area (Å²) in [5, 5.41) is 17.0. The van der Waals surface area contributed by atoms with Crippen LogP contribution in [0.5, 0.6) is 0 Å². The number of Topliss-reactive ketones (excluding diaryl/α,β-unsaturated/α-hetero) is 3. The second-order valence-corrected chi connectivity index (χ2v) is 20.4. The third kappa shape index (κ3) is 29.9. The number of carboxylic acid groups (broad SMARTS) is 1. The van der Waals surface area contributed by atoms with E-state index in [2.05, 4.69) is 25.9 Å². The SMILES string of the molecule is CC(C)(CC(=O)C(C)(C)CC(=O)C(C)(C)NC(=O)[C@@H](N)Cc1cnc[nH]1)C(=O)C[C@@H](CCCCNC(=O)COCCOCCNC(=O)CCCCCCCCCCCCCCCCC(=O)O)C(N)=O. The first-order valence-electron chi connectivity index (χ1n) is 25.4. The lowest BCUT2D eigenvalue weighted by molar-refractivity contribution is -0.140. The van der Waals surface area contributed by atoms with E-state index < -0.39 is 46.1 Å². The zero-order chi connectivity index (χ0) is 51.7. The number of unbranched alkanes of at least 4 members (excludes halogenated alkanes) is 14. The van der Waals surface area contributed by atoms with E-state index in [1.165, 1.54) is 57.7 Å². The number of nitrogens with one attached hydrogen (secondary N) is 4. The number of nitrogens with zero attached hydrogens (tertiary/aromatic N) is 1. The lowest BCUT2D eigenvalue weighted by atomic mass is 9.71. The third-order valence-electron chi connectivity index (χ3n) is 12.5. The highest BCUT2D eigenvalue weighted by atomic mass is 16.5. The number of carbonyl (C=O) groups excluding carboxylic acids is 7. The highest BCUT2D eigenvalue weighted by Crippen LogP contribution is 2.34. The van der Waals surface area contributed by atoms with Crippen molar-refractivity contribution in [1.82, 2.24) is 25.9 Å². The molecule has 0 spiro atoms. The summed E-state index contributed by atoms with van der Waals surface area (Å²) in [6.45, 7) is 11.1. The molecule has 0 aromatic carbocycles. The minimum Gasteiger partial charge on any atom is -0.481 e. The number of imidazole rings is 1. The molecule has 4 amide bonds. The monoisotopic (exact) mass is 976 g/mol. The van der Waals surface area contributed by atoms with Gasteiger partial charge in [-0.15, -0.1) is 0 Å². The van der Waals surface area contributed by atoms with E-state index in [-0.39, 0.29) is 81.1 Å². The number of carboxylic acids is 1. The van der Waals surface area contributed by atoms with E-state index in [0.717, 1.165) is 38.5 Å². The molecule has 1 rings (SSSR count). The molecular weight excluding hydrogens is 887 g/mol. The second kappa shape index (κ2) is 34.7. The lowest BCUT2D eigenvalue weighted by Gasteiger charge is -2.33. The molecule has 2 atom stereocenters. The van der Waals surface area contributed by atoms with Crippen LogP contribution < -0.4 is 27.4 Å². The van der Waals surface area contributed by atoms with Crippen LogP contribution in [-0.2, 0) is 54.3 Å². The molecule has 1 heterocycles. The molecule has 0 radical (unpaired) electrons.